The Balaban J connectivity index is 1.62. The fourth-order valence-electron chi connectivity index (χ4n) is 3.52. The van der Waals surface area contributed by atoms with Crippen molar-refractivity contribution in [3.05, 3.63) is 35.4 Å². The maximum atomic E-state index is 12.5. The highest BCUT2D eigenvalue weighted by molar-refractivity contribution is 6.00. The molecule has 0 radical (unpaired) electrons. The zero-order valence-corrected chi connectivity index (χ0v) is 14.5. The molecule has 1 unspecified atom stereocenters. The maximum absolute atomic E-state index is 12.5. The average Bonchev–Trinajstić information content (AvgIpc) is 2.57. The molecule has 0 N–H and O–H groups in total. The van der Waals surface area contributed by atoms with Crippen LogP contribution in [0.1, 0.15) is 87.1 Å². The fourth-order valence-corrected chi connectivity index (χ4v) is 3.52. The Morgan fingerprint density at radius 1 is 1.04 bits per heavy atom. The maximum Gasteiger partial charge on any atom is 0.166 e. The van der Waals surface area contributed by atoms with Crippen molar-refractivity contribution in [3.8, 4) is 0 Å². The molecule has 1 aliphatic rings. The van der Waals surface area contributed by atoms with Crippen molar-refractivity contribution in [1.82, 2.24) is 0 Å². The van der Waals surface area contributed by atoms with Gasteiger partial charge in [0, 0.05) is 24.3 Å². The number of unbranched alkanes of at least 4 members (excludes halogenated alkanes) is 4. The Labute approximate surface area is 140 Å². The van der Waals surface area contributed by atoms with Gasteiger partial charge in [0.15, 0.2) is 5.78 Å². The molecule has 23 heavy (non-hydrogen) atoms. The minimum absolute atomic E-state index is 0.199. The largest absolute Gasteiger partial charge is 0.300 e. The van der Waals surface area contributed by atoms with Gasteiger partial charge in [0.05, 0.1) is 0 Å². The summed E-state index contributed by atoms with van der Waals surface area (Å²) in [6, 6.07) is 8.03. The van der Waals surface area contributed by atoms with Crippen LogP contribution in [0.25, 0.3) is 0 Å². The molecule has 0 aliphatic heterocycles. The first-order valence-corrected chi connectivity index (χ1v) is 9.36. The van der Waals surface area contributed by atoms with Gasteiger partial charge in [-0.3, -0.25) is 9.59 Å². The molecule has 2 rings (SSSR count). The molecule has 0 bridgehead atoms. The molecule has 0 aromatic heterocycles. The highest BCUT2D eigenvalue weighted by Gasteiger charge is 2.26. The van der Waals surface area contributed by atoms with Gasteiger partial charge in [-0.1, -0.05) is 56.9 Å². The van der Waals surface area contributed by atoms with Gasteiger partial charge in [-0.25, -0.2) is 0 Å². The third-order valence-electron chi connectivity index (χ3n) is 4.98. The van der Waals surface area contributed by atoms with Gasteiger partial charge in [0.1, 0.15) is 5.78 Å². The number of Topliss-reactive ketones (excluding diaryl/α,β-unsaturated/α-hetero) is 2. The van der Waals surface area contributed by atoms with Crippen LogP contribution in [0.4, 0.5) is 0 Å². The van der Waals surface area contributed by atoms with Crippen LogP contribution in [0.3, 0.4) is 0 Å². The molecule has 1 aromatic carbocycles. The lowest BCUT2D eigenvalue weighted by atomic mass is 9.80. The number of carbonyl (C=O) groups is 2. The van der Waals surface area contributed by atoms with Crippen LogP contribution in [-0.2, 0) is 11.2 Å². The Kier molecular flexibility index (Phi) is 7.51. The normalized spacial score (nSPS) is 17.1. The van der Waals surface area contributed by atoms with Gasteiger partial charge in [-0.15, -0.1) is 0 Å². The van der Waals surface area contributed by atoms with E-state index in [1.807, 2.05) is 18.2 Å². The number of aryl methyl sites for hydroxylation is 1. The number of fused-ring (bicyclic) bond motifs is 1. The van der Waals surface area contributed by atoms with Gasteiger partial charge < -0.3 is 0 Å². The van der Waals surface area contributed by atoms with Crippen LogP contribution in [0.5, 0.6) is 0 Å². The lowest BCUT2D eigenvalue weighted by Gasteiger charge is -2.23. The molecule has 0 spiro atoms. The summed E-state index contributed by atoms with van der Waals surface area (Å²) in [4.78, 5) is 24.2. The first-order chi connectivity index (χ1) is 11.2. The second-order valence-electron chi connectivity index (χ2n) is 6.85. The highest BCUT2D eigenvalue weighted by atomic mass is 16.1. The van der Waals surface area contributed by atoms with Crippen molar-refractivity contribution in [1.29, 1.82) is 0 Å². The van der Waals surface area contributed by atoms with Gasteiger partial charge in [0.2, 0.25) is 0 Å². The van der Waals surface area contributed by atoms with Gasteiger partial charge in [-0.2, -0.15) is 0 Å². The molecule has 1 aliphatic carbocycles. The van der Waals surface area contributed by atoms with Crippen LogP contribution in [0.2, 0.25) is 0 Å². The third kappa shape index (κ3) is 5.60. The second-order valence-corrected chi connectivity index (χ2v) is 6.85. The number of hydrogen-bond acceptors (Lipinski definition) is 2. The summed E-state index contributed by atoms with van der Waals surface area (Å²) in [5.41, 5.74) is 2.15. The first kappa shape index (κ1) is 17.9. The number of ketones is 2. The first-order valence-electron chi connectivity index (χ1n) is 9.36. The lowest BCUT2D eigenvalue weighted by Crippen LogP contribution is -2.22. The van der Waals surface area contributed by atoms with Gasteiger partial charge in [0.25, 0.3) is 0 Å². The SMILES string of the molecule is CCCCCC(=O)CCCCCC1CCc2ccccc2C1=O. The lowest BCUT2D eigenvalue weighted by molar-refractivity contribution is -0.119. The van der Waals surface area contributed by atoms with Crippen LogP contribution in [-0.4, -0.2) is 11.6 Å². The molecule has 0 saturated carbocycles. The number of carbonyl (C=O) groups excluding carboxylic acids is 2. The van der Waals surface area contributed by atoms with Crippen LogP contribution in [0.15, 0.2) is 24.3 Å². The predicted octanol–water partition coefficient (Wildman–Crippen LogP) is 5.53. The molecule has 2 heteroatoms. The van der Waals surface area contributed by atoms with Crippen molar-refractivity contribution in [2.24, 2.45) is 5.92 Å². The van der Waals surface area contributed by atoms with Gasteiger partial charge in [-0.05, 0) is 37.7 Å². The molecule has 1 atom stereocenters. The highest BCUT2D eigenvalue weighted by Crippen LogP contribution is 2.28. The molecular weight excluding hydrogens is 284 g/mol. The topological polar surface area (TPSA) is 34.1 Å². The molecule has 1 aromatic rings. The second kappa shape index (κ2) is 9.64. The van der Waals surface area contributed by atoms with Crippen molar-refractivity contribution in [2.45, 2.75) is 77.6 Å². The minimum Gasteiger partial charge on any atom is -0.300 e. The molecule has 0 fully saturated rings. The van der Waals surface area contributed by atoms with Crippen molar-refractivity contribution >= 4 is 11.6 Å². The third-order valence-corrected chi connectivity index (χ3v) is 4.98. The van der Waals surface area contributed by atoms with Crippen LogP contribution in [0, 0.1) is 5.92 Å². The summed E-state index contributed by atoms with van der Waals surface area (Å²) in [5.74, 6) is 0.953. The van der Waals surface area contributed by atoms with E-state index in [1.165, 1.54) is 12.0 Å². The molecule has 126 valence electrons. The van der Waals surface area contributed by atoms with Crippen LogP contribution >= 0.6 is 0 Å². The van der Waals surface area contributed by atoms with E-state index < -0.39 is 0 Å². The van der Waals surface area contributed by atoms with Crippen molar-refractivity contribution in [3.63, 3.8) is 0 Å². The fraction of sp³-hybridized carbons (Fsp3) is 0.619. The Morgan fingerprint density at radius 2 is 1.78 bits per heavy atom. The molecule has 0 saturated heterocycles. The van der Waals surface area contributed by atoms with E-state index in [2.05, 4.69) is 13.0 Å². The van der Waals surface area contributed by atoms with Gasteiger partial charge >= 0.3 is 0 Å². The summed E-state index contributed by atoms with van der Waals surface area (Å²) in [6.07, 6.45) is 11.0. The quantitative estimate of drug-likeness (QED) is 0.532. The zero-order chi connectivity index (χ0) is 16.5. The van der Waals surface area contributed by atoms with Crippen molar-refractivity contribution in [2.75, 3.05) is 0 Å². The van der Waals surface area contributed by atoms with E-state index in [1.54, 1.807) is 0 Å². The van der Waals surface area contributed by atoms with E-state index in [0.29, 0.717) is 11.6 Å². The van der Waals surface area contributed by atoms with E-state index in [9.17, 15) is 9.59 Å². The van der Waals surface area contributed by atoms with E-state index in [0.717, 1.165) is 69.8 Å². The Bertz CT molecular complexity index is 518. The smallest absolute Gasteiger partial charge is 0.166 e. The standard InChI is InChI=1S/C21H30O2/c1-2-3-5-12-19(22)13-7-4-6-11-18-16-15-17-10-8-9-14-20(17)21(18)23/h8-10,14,18H,2-7,11-13,15-16H2,1H3. The summed E-state index contributed by atoms with van der Waals surface area (Å²) in [7, 11) is 0. The molecule has 0 heterocycles. The summed E-state index contributed by atoms with van der Waals surface area (Å²) < 4.78 is 0. The predicted molar refractivity (Wildman–Crippen MR) is 94.8 cm³/mol. The monoisotopic (exact) mass is 314 g/mol. The summed E-state index contributed by atoms with van der Waals surface area (Å²) >= 11 is 0. The van der Waals surface area contributed by atoms with E-state index in [4.69, 9.17) is 0 Å². The van der Waals surface area contributed by atoms with Crippen LogP contribution < -0.4 is 0 Å². The van der Waals surface area contributed by atoms with E-state index in [-0.39, 0.29) is 5.92 Å². The summed E-state index contributed by atoms with van der Waals surface area (Å²) in [6.45, 7) is 2.16. The van der Waals surface area contributed by atoms with Crippen molar-refractivity contribution < 1.29 is 9.59 Å². The number of rotatable bonds is 10. The van der Waals surface area contributed by atoms with E-state index >= 15 is 0 Å². The summed E-state index contributed by atoms with van der Waals surface area (Å²) in [5, 5.41) is 0. The average molecular weight is 314 g/mol. The number of benzene rings is 1. The minimum atomic E-state index is 0.199. The molecule has 0 amide bonds. The zero-order valence-electron chi connectivity index (χ0n) is 14.5. The molecular formula is C21H30O2. The Hall–Kier alpha value is -1.44. The number of hydrogen-bond donors (Lipinski definition) is 0. The molecule has 2 nitrogen and oxygen atoms in total. The Morgan fingerprint density at radius 3 is 2.57 bits per heavy atom.